The van der Waals surface area contributed by atoms with Crippen LogP contribution >= 0.6 is 7.82 Å². The fourth-order valence-corrected chi connectivity index (χ4v) is 9.63. The highest BCUT2D eigenvalue weighted by Gasteiger charge is 2.51. The van der Waals surface area contributed by atoms with Gasteiger partial charge in [0.2, 0.25) is 5.91 Å². The third-order valence-corrected chi connectivity index (χ3v) is 13.4. The van der Waals surface area contributed by atoms with E-state index in [4.69, 9.17) is 14.0 Å². The third-order valence-electron chi connectivity index (χ3n) is 12.9. The smallest absolute Gasteiger partial charge is 0.457 e. The summed E-state index contributed by atoms with van der Waals surface area (Å²) >= 11 is 0. The number of hydrogen-bond acceptors (Lipinski definition) is 9. The first kappa shape index (κ1) is 59.9. The van der Waals surface area contributed by atoms with Crippen molar-refractivity contribution in [3.05, 3.63) is 0 Å². The second-order valence-electron chi connectivity index (χ2n) is 18.9. The van der Waals surface area contributed by atoms with Crippen molar-refractivity contribution < 1.29 is 53.3 Å². The zero-order valence-corrected chi connectivity index (χ0v) is 41.4. The van der Waals surface area contributed by atoms with E-state index in [0.717, 1.165) is 77.0 Å². The fraction of sp³-hybridized carbons (Fsp3) is 0.960. The van der Waals surface area contributed by atoms with Gasteiger partial charge in [0, 0.05) is 6.42 Å². The topological polar surface area (TPSA) is 192 Å². The highest BCUT2D eigenvalue weighted by atomic mass is 31.2. The maximum atomic E-state index is 13.8. The minimum absolute atomic E-state index is 0.0311. The van der Waals surface area contributed by atoms with Crippen LogP contribution in [0.15, 0.2) is 0 Å². The minimum atomic E-state index is -5.21. The highest BCUT2D eigenvalue weighted by Crippen LogP contribution is 2.42. The molecule has 1 rings (SSSR count). The van der Waals surface area contributed by atoms with Crippen LogP contribution in [0, 0.1) is 5.92 Å². The van der Waals surface area contributed by atoms with Crippen LogP contribution in [0.3, 0.4) is 0 Å². The first-order chi connectivity index (χ1) is 30.4. The van der Waals surface area contributed by atoms with Crippen LogP contribution in [0.2, 0.25) is 0 Å². The number of hydrogen-bond donors (Lipinski definition) is 6. The predicted octanol–water partition coefficient (Wildman–Crippen LogP) is 12.0. The number of rotatable bonds is 44. The molecular weight excluding hydrogens is 822 g/mol. The maximum absolute atomic E-state index is 13.8. The van der Waals surface area contributed by atoms with Crippen molar-refractivity contribution in [1.29, 1.82) is 0 Å². The maximum Gasteiger partial charge on any atom is 0.470 e. The molecule has 0 saturated carbocycles. The second kappa shape index (κ2) is 40.0. The second-order valence-corrected chi connectivity index (χ2v) is 20.1. The summed E-state index contributed by atoms with van der Waals surface area (Å²) in [6, 6.07) is -1.47. The first-order valence-electron chi connectivity index (χ1n) is 26.3. The third kappa shape index (κ3) is 33.1. The number of nitrogens with one attached hydrogen (secondary N) is 1. The van der Waals surface area contributed by atoms with Crippen molar-refractivity contribution >= 4 is 19.7 Å². The number of phosphoric ester groups is 1. The summed E-state index contributed by atoms with van der Waals surface area (Å²) in [6.07, 6.45) is 33.1. The van der Waals surface area contributed by atoms with Gasteiger partial charge in [-0.15, -0.1) is 0 Å². The van der Waals surface area contributed by atoms with Gasteiger partial charge >= 0.3 is 13.8 Å². The van der Waals surface area contributed by atoms with Crippen molar-refractivity contribution in [2.75, 3.05) is 6.61 Å². The molecule has 63 heavy (non-hydrogen) atoms. The average Bonchev–Trinajstić information content (AvgIpc) is 3.24. The van der Waals surface area contributed by atoms with Gasteiger partial charge in [-0.25, -0.2) is 4.57 Å². The van der Waals surface area contributed by atoms with Crippen LogP contribution in [0.1, 0.15) is 258 Å². The van der Waals surface area contributed by atoms with Crippen molar-refractivity contribution in [2.45, 2.75) is 295 Å². The van der Waals surface area contributed by atoms with Crippen LogP contribution < -0.4 is 5.32 Å². The molecule has 3 unspecified atom stereocenters. The molecule has 7 atom stereocenters. The number of esters is 1. The number of carbonyl (C=O) groups is 2. The van der Waals surface area contributed by atoms with E-state index in [0.29, 0.717) is 6.42 Å². The molecule has 1 saturated heterocycles. The van der Waals surface area contributed by atoms with Crippen LogP contribution in [0.5, 0.6) is 0 Å². The molecule has 13 heteroatoms. The van der Waals surface area contributed by atoms with E-state index in [9.17, 15) is 39.3 Å². The fourth-order valence-electron chi connectivity index (χ4n) is 9.05. The van der Waals surface area contributed by atoms with Gasteiger partial charge in [0.1, 0.15) is 18.2 Å². The summed E-state index contributed by atoms with van der Waals surface area (Å²) < 4.78 is 28.5. The molecule has 0 aromatic rings. The number of unbranched alkanes of at least 4 members (excludes halogenated alkanes) is 29. The van der Waals surface area contributed by atoms with Crippen LogP contribution in [-0.4, -0.2) is 80.3 Å². The lowest BCUT2D eigenvalue weighted by atomic mass is 9.91. The number of aliphatic hydroxyl groups is 3. The lowest BCUT2D eigenvalue weighted by molar-refractivity contribution is -0.256. The van der Waals surface area contributed by atoms with Gasteiger partial charge in [0.05, 0.1) is 19.1 Å². The summed E-state index contributed by atoms with van der Waals surface area (Å²) in [4.78, 5) is 46.6. The van der Waals surface area contributed by atoms with Gasteiger partial charge in [-0.1, -0.05) is 226 Å². The summed E-state index contributed by atoms with van der Waals surface area (Å²) in [5, 5.41) is 34.3. The van der Waals surface area contributed by atoms with Gasteiger partial charge in [0.25, 0.3) is 0 Å². The summed E-state index contributed by atoms with van der Waals surface area (Å²) in [5.41, 5.74) is 0. The molecule has 12 nitrogen and oxygen atoms in total. The normalized spacial score (nSPS) is 20.2. The van der Waals surface area contributed by atoms with E-state index in [1.54, 1.807) is 0 Å². The Morgan fingerprint density at radius 2 is 0.937 bits per heavy atom. The van der Waals surface area contributed by atoms with Crippen LogP contribution in [0.4, 0.5) is 0 Å². The Labute approximate surface area is 384 Å². The molecule has 1 aliphatic heterocycles. The number of phosphoric acid groups is 1. The molecule has 0 bridgehead atoms. The average molecular weight is 920 g/mol. The van der Waals surface area contributed by atoms with E-state index >= 15 is 0 Å². The predicted molar refractivity (Wildman–Crippen MR) is 254 cm³/mol. The molecule has 0 aromatic heterocycles. The quantitative estimate of drug-likeness (QED) is 0.0194. The molecule has 0 aliphatic carbocycles. The van der Waals surface area contributed by atoms with Gasteiger partial charge < -0.3 is 39.9 Å². The SMILES string of the molecule is CCCCCCCCCCCCCCCCCCC(CCCCCCCCC)CC(=O)O[C@H]1[C@H](OP(=O)(O)O)[C@@H](CO)OC(O)[C@@H]1NC(=O)CC(O)CCCCCCCCCCC. The van der Waals surface area contributed by atoms with E-state index in [-0.39, 0.29) is 18.8 Å². The zero-order valence-electron chi connectivity index (χ0n) is 40.5. The van der Waals surface area contributed by atoms with E-state index < -0.39 is 63.1 Å². The zero-order chi connectivity index (χ0) is 46.4. The lowest BCUT2D eigenvalue weighted by Crippen LogP contribution is -2.65. The number of aliphatic hydroxyl groups excluding tert-OH is 3. The van der Waals surface area contributed by atoms with Crippen molar-refractivity contribution in [1.82, 2.24) is 5.32 Å². The Hall–Kier alpha value is -1.11. The van der Waals surface area contributed by atoms with E-state index in [1.807, 2.05) is 0 Å². The molecule has 1 heterocycles. The van der Waals surface area contributed by atoms with Crippen LogP contribution in [0.25, 0.3) is 0 Å². The van der Waals surface area contributed by atoms with E-state index in [2.05, 4.69) is 26.1 Å². The molecule has 1 aliphatic rings. The van der Waals surface area contributed by atoms with Gasteiger partial charge in [-0.2, -0.15) is 0 Å². The Morgan fingerprint density at radius 1 is 0.571 bits per heavy atom. The summed E-state index contributed by atoms with van der Waals surface area (Å²) in [5.74, 6) is -1.26. The standard InChI is InChI=1S/C50H98NO11P/c1-4-7-10-13-16-18-19-20-21-22-23-24-26-28-31-34-37-42(36-33-30-27-15-12-9-6-3)39-46(55)61-49-47(50(56)60-44(41-52)48(49)62-63(57,58)59)51-45(54)40-43(53)38-35-32-29-25-17-14-11-8-5-2/h42-44,47-50,52-53,56H,4-41H2,1-3H3,(H,51,54)(H2,57,58,59)/t42?,43?,44-,47-,48-,49-,50?/m1/s1. The molecule has 6 N–H and O–H groups in total. The highest BCUT2D eigenvalue weighted by molar-refractivity contribution is 7.46. The molecule has 0 spiro atoms. The van der Waals surface area contributed by atoms with Crippen molar-refractivity contribution in [3.63, 3.8) is 0 Å². The number of ether oxygens (including phenoxy) is 2. The minimum Gasteiger partial charge on any atom is -0.457 e. The van der Waals surface area contributed by atoms with Gasteiger partial charge in [-0.05, 0) is 25.2 Å². The molecule has 0 aromatic carbocycles. The van der Waals surface area contributed by atoms with Gasteiger partial charge in [0.15, 0.2) is 12.4 Å². The lowest BCUT2D eigenvalue weighted by Gasteiger charge is -2.43. The van der Waals surface area contributed by atoms with Crippen LogP contribution in [-0.2, 0) is 28.2 Å². The summed E-state index contributed by atoms with van der Waals surface area (Å²) in [6.45, 7) is 5.87. The number of carbonyl (C=O) groups excluding carboxylic acids is 2. The van der Waals surface area contributed by atoms with Crippen molar-refractivity contribution in [2.24, 2.45) is 5.92 Å². The van der Waals surface area contributed by atoms with Gasteiger partial charge in [-0.3, -0.25) is 14.1 Å². The largest absolute Gasteiger partial charge is 0.470 e. The molecule has 1 amide bonds. The summed E-state index contributed by atoms with van der Waals surface area (Å²) in [7, 11) is -5.21. The Bertz CT molecular complexity index is 1130. The molecular formula is C50H98NO11P. The molecule has 374 valence electrons. The first-order valence-corrected chi connectivity index (χ1v) is 27.8. The van der Waals surface area contributed by atoms with Crippen molar-refractivity contribution in [3.8, 4) is 0 Å². The Kier molecular flexibility index (Phi) is 38.0. The Morgan fingerprint density at radius 3 is 1.30 bits per heavy atom. The molecule has 0 radical (unpaired) electrons. The monoisotopic (exact) mass is 920 g/mol. The Balaban J connectivity index is 2.80. The van der Waals surface area contributed by atoms with E-state index in [1.165, 1.54) is 141 Å². The number of amides is 1. The molecule has 1 fully saturated rings.